The van der Waals surface area contributed by atoms with E-state index in [2.05, 4.69) is 0 Å². The lowest BCUT2D eigenvalue weighted by Gasteiger charge is -2.19. The molecule has 5 heteroatoms. The lowest BCUT2D eigenvalue weighted by molar-refractivity contribution is -0.385. The Bertz CT molecular complexity index is 468. The van der Waals surface area contributed by atoms with Gasteiger partial charge in [0.1, 0.15) is 13.2 Å². The predicted molar refractivity (Wildman–Crippen MR) is 60.5 cm³/mol. The van der Waals surface area contributed by atoms with E-state index < -0.39 is 0 Å². The Hall–Kier alpha value is -1.78. The first-order chi connectivity index (χ1) is 8.24. The molecule has 0 spiro atoms. The van der Waals surface area contributed by atoms with Crippen LogP contribution in [0.5, 0.6) is 11.5 Å². The monoisotopic (exact) mass is 235 g/mol. The van der Waals surface area contributed by atoms with Gasteiger partial charge in [0, 0.05) is 5.56 Å². The minimum Gasteiger partial charge on any atom is -0.486 e. The predicted octanol–water partition coefficient (Wildman–Crippen LogP) is 2.32. The first kappa shape index (κ1) is 10.4. The zero-order valence-corrected chi connectivity index (χ0v) is 9.35. The highest BCUT2D eigenvalue weighted by Gasteiger charge is 2.28. The van der Waals surface area contributed by atoms with Crippen LogP contribution in [0.15, 0.2) is 12.1 Å². The molecule has 0 N–H and O–H groups in total. The van der Waals surface area contributed by atoms with E-state index in [-0.39, 0.29) is 10.6 Å². The van der Waals surface area contributed by atoms with Gasteiger partial charge in [0.15, 0.2) is 11.5 Å². The van der Waals surface area contributed by atoms with Gasteiger partial charge in [0.2, 0.25) is 0 Å². The summed E-state index contributed by atoms with van der Waals surface area (Å²) < 4.78 is 10.8. The van der Waals surface area contributed by atoms with Crippen LogP contribution < -0.4 is 9.47 Å². The number of rotatable bonds is 3. The summed E-state index contributed by atoms with van der Waals surface area (Å²) in [6, 6.07) is 3.26. The van der Waals surface area contributed by atoms with Crippen molar-refractivity contribution in [2.75, 3.05) is 13.2 Å². The second-order valence-corrected chi connectivity index (χ2v) is 4.53. The molecule has 0 amide bonds. The van der Waals surface area contributed by atoms with E-state index >= 15 is 0 Å². The standard InChI is InChI=1S/C12H13NO4/c14-13(15)10-7-12-11(16-3-4-17-12)6-9(10)5-8-1-2-8/h6-8H,1-5H2. The topological polar surface area (TPSA) is 61.6 Å². The molecule has 1 aromatic rings. The molecule has 1 heterocycles. The molecule has 0 aromatic heterocycles. The zero-order chi connectivity index (χ0) is 11.8. The Labute approximate surface area is 98.5 Å². The van der Waals surface area contributed by atoms with Gasteiger partial charge in [-0.15, -0.1) is 0 Å². The maximum atomic E-state index is 11.0. The summed E-state index contributed by atoms with van der Waals surface area (Å²) in [5.74, 6) is 1.73. The molecule has 1 aliphatic heterocycles. The summed E-state index contributed by atoms with van der Waals surface area (Å²) >= 11 is 0. The van der Waals surface area contributed by atoms with Gasteiger partial charge in [-0.25, -0.2) is 0 Å². The highest BCUT2D eigenvalue weighted by Crippen LogP contribution is 2.40. The molecule has 0 saturated heterocycles. The number of hydrogen-bond acceptors (Lipinski definition) is 4. The largest absolute Gasteiger partial charge is 0.486 e. The smallest absolute Gasteiger partial charge is 0.276 e. The van der Waals surface area contributed by atoms with E-state index in [0.29, 0.717) is 30.6 Å². The van der Waals surface area contributed by atoms with Crippen molar-refractivity contribution in [1.82, 2.24) is 0 Å². The van der Waals surface area contributed by atoms with Gasteiger partial charge in [-0.2, -0.15) is 0 Å². The highest BCUT2D eigenvalue weighted by atomic mass is 16.6. The van der Waals surface area contributed by atoms with Crippen LogP contribution in [0.4, 0.5) is 5.69 Å². The molecule has 0 atom stereocenters. The average Bonchev–Trinajstić information content (AvgIpc) is 3.12. The van der Waals surface area contributed by atoms with Crippen LogP contribution in [0.25, 0.3) is 0 Å². The fraction of sp³-hybridized carbons (Fsp3) is 0.500. The molecule has 1 fully saturated rings. The van der Waals surface area contributed by atoms with Crippen LogP contribution in [-0.4, -0.2) is 18.1 Å². The molecule has 5 nitrogen and oxygen atoms in total. The number of nitro benzene ring substituents is 1. The molecule has 3 rings (SSSR count). The quantitative estimate of drug-likeness (QED) is 0.595. The SMILES string of the molecule is O=[N+]([O-])c1cc2c(cc1CC1CC1)OCCO2. The van der Waals surface area contributed by atoms with E-state index in [1.807, 2.05) is 0 Å². The van der Waals surface area contributed by atoms with Gasteiger partial charge in [-0.1, -0.05) is 0 Å². The van der Waals surface area contributed by atoms with Gasteiger partial charge in [-0.05, 0) is 31.2 Å². The molecule has 2 aliphatic rings. The second kappa shape index (κ2) is 3.91. The van der Waals surface area contributed by atoms with Crippen molar-refractivity contribution in [2.24, 2.45) is 5.92 Å². The molecule has 1 aliphatic carbocycles. The molecule has 1 saturated carbocycles. The van der Waals surface area contributed by atoms with Crippen LogP contribution in [0, 0.1) is 16.0 Å². The van der Waals surface area contributed by atoms with Gasteiger partial charge < -0.3 is 9.47 Å². The van der Waals surface area contributed by atoms with E-state index in [9.17, 15) is 10.1 Å². The van der Waals surface area contributed by atoms with Crippen molar-refractivity contribution in [3.05, 3.63) is 27.8 Å². The van der Waals surface area contributed by atoms with Crippen molar-refractivity contribution in [3.8, 4) is 11.5 Å². The van der Waals surface area contributed by atoms with Crippen molar-refractivity contribution in [1.29, 1.82) is 0 Å². The second-order valence-electron chi connectivity index (χ2n) is 4.53. The third kappa shape index (κ3) is 2.05. The van der Waals surface area contributed by atoms with E-state index in [4.69, 9.17) is 9.47 Å². The van der Waals surface area contributed by atoms with Crippen molar-refractivity contribution in [3.63, 3.8) is 0 Å². The van der Waals surface area contributed by atoms with Crippen LogP contribution in [0.1, 0.15) is 18.4 Å². The molecule has 0 radical (unpaired) electrons. The lowest BCUT2D eigenvalue weighted by Crippen LogP contribution is -2.16. The minimum atomic E-state index is -0.337. The van der Waals surface area contributed by atoms with Crippen LogP contribution in [0.2, 0.25) is 0 Å². The van der Waals surface area contributed by atoms with Gasteiger partial charge >= 0.3 is 0 Å². The Kier molecular flexibility index (Phi) is 2.39. The Morgan fingerprint density at radius 2 is 1.88 bits per heavy atom. The van der Waals surface area contributed by atoms with E-state index in [0.717, 1.165) is 12.0 Å². The maximum absolute atomic E-state index is 11.0. The van der Waals surface area contributed by atoms with Crippen LogP contribution in [0.3, 0.4) is 0 Å². The van der Waals surface area contributed by atoms with Crippen molar-refractivity contribution in [2.45, 2.75) is 19.3 Å². The molecule has 0 bridgehead atoms. The number of ether oxygens (including phenoxy) is 2. The highest BCUT2D eigenvalue weighted by molar-refractivity contribution is 5.55. The number of nitrogens with zero attached hydrogens (tertiary/aromatic N) is 1. The first-order valence-electron chi connectivity index (χ1n) is 5.81. The summed E-state index contributed by atoms with van der Waals surface area (Å²) in [7, 11) is 0. The van der Waals surface area contributed by atoms with Crippen LogP contribution in [-0.2, 0) is 6.42 Å². The van der Waals surface area contributed by atoms with Crippen LogP contribution >= 0.6 is 0 Å². The van der Waals surface area contributed by atoms with Crippen molar-refractivity contribution < 1.29 is 14.4 Å². The molecular weight excluding hydrogens is 222 g/mol. The number of fused-ring (bicyclic) bond motifs is 1. The molecule has 1 aromatic carbocycles. The Morgan fingerprint density at radius 3 is 2.47 bits per heavy atom. The summed E-state index contributed by atoms with van der Waals surface area (Å²) in [5, 5.41) is 11.0. The first-order valence-corrected chi connectivity index (χ1v) is 5.81. The summed E-state index contributed by atoms with van der Waals surface area (Å²) in [5.41, 5.74) is 0.919. The fourth-order valence-corrected chi connectivity index (χ4v) is 2.09. The summed E-state index contributed by atoms with van der Waals surface area (Å²) in [6.07, 6.45) is 3.12. The summed E-state index contributed by atoms with van der Waals surface area (Å²) in [6.45, 7) is 0.958. The number of benzene rings is 1. The number of hydrogen-bond donors (Lipinski definition) is 0. The van der Waals surface area contributed by atoms with E-state index in [1.54, 1.807) is 6.07 Å². The lowest BCUT2D eigenvalue weighted by atomic mass is 10.1. The molecule has 0 unspecified atom stereocenters. The Balaban J connectivity index is 2.00. The van der Waals surface area contributed by atoms with E-state index in [1.165, 1.54) is 18.9 Å². The third-order valence-corrected chi connectivity index (χ3v) is 3.15. The van der Waals surface area contributed by atoms with Gasteiger partial charge in [-0.3, -0.25) is 10.1 Å². The zero-order valence-electron chi connectivity index (χ0n) is 9.35. The fourth-order valence-electron chi connectivity index (χ4n) is 2.09. The molecule has 90 valence electrons. The minimum absolute atomic E-state index is 0.154. The van der Waals surface area contributed by atoms with Gasteiger partial charge in [0.25, 0.3) is 5.69 Å². The molecular formula is C12H13NO4. The summed E-state index contributed by atoms with van der Waals surface area (Å²) in [4.78, 5) is 10.7. The molecule has 17 heavy (non-hydrogen) atoms. The maximum Gasteiger partial charge on any atom is 0.276 e. The Morgan fingerprint density at radius 1 is 1.24 bits per heavy atom. The normalized spacial score (nSPS) is 17.9. The van der Waals surface area contributed by atoms with Gasteiger partial charge in [0.05, 0.1) is 11.0 Å². The average molecular weight is 235 g/mol. The number of nitro groups is 1. The third-order valence-electron chi connectivity index (χ3n) is 3.15. The van der Waals surface area contributed by atoms with Crippen molar-refractivity contribution >= 4 is 5.69 Å².